The number of aryl methyl sites for hydroxylation is 1. The third kappa shape index (κ3) is 4.68. The van der Waals surface area contributed by atoms with Gasteiger partial charge in [-0.25, -0.2) is 0 Å². The van der Waals surface area contributed by atoms with E-state index in [-0.39, 0.29) is 14.9 Å². The molecule has 4 aromatic rings. The van der Waals surface area contributed by atoms with Crippen molar-refractivity contribution in [3.8, 4) is 11.5 Å². The summed E-state index contributed by atoms with van der Waals surface area (Å²) in [5.74, 6) is 2.28. The lowest BCUT2D eigenvalue weighted by molar-refractivity contribution is -0.209. The summed E-state index contributed by atoms with van der Waals surface area (Å²) in [6, 6.07) is 35.4. The lowest BCUT2D eigenvalue weighted by Gasteiger charge is -2.51. The van der Waals surface area contributed by atoms with Gasteiger partial charge in [0.2, 0.25) is 0 Å². The molecule has 4 aromatic carbocycles. The third-order valence-electron chi connectivity index (χ3n) is 8.59. The van der Waals surface area contributed by atoms with Crippen LogP contribution < -0.4 is 25.4 Å². The molecule has 0 unspecified atom stereocenters. The van der Waals surface area contributed by atoms with Crippen molar-refractivity contribution in [2.24, 2.45) is 11.8 Å². The summed E-state index contributed by atoms with van der Waals surface area (Å²) in [7, 11) is -0.759. The van der Waals surface area contributed by atoms with E-state index in [1.165, 1.54) is 45.4 Å². The lowest BCUT2D eigenvalue weighted by atomic mass is 9.75. The average Bonchev–Trinajstić information content (AvgIpc) is 3.11. The fraction of sp³-hybridized carbons (Fsp3) is 0.333. The number of hydrogen-bond donors (Lipinski definition) is 0. The van der Waals surface area contributed by atoms with Gasteiger partial charge in [0.1, 0.15) is 11.5 Å². The molecule has 1 aliphatic carbocycles. The molecule has 0 N–H and O–H groups in total. The van der Waals surface area contributed by atoms with E-state index in [0.29, 0.717) is 11.8 Å². The van der Waals surface area contributed by atoms with E-state index in [4.69, 9.17) is 9.47 Å². The van der Waals surface area contributed by atoms with Crippen molar-refractivity contribution in [2.45, 2.75) is 66.1 Å². The second kappa shape index (κ2) is 11.2. The smallest absolute Gasteiger partial charge is 0.257 e. The van der Waals surface area contributed by atoms with Crippen LogP contribution in [0.2, 0.25) is 0 Å². The number of ether oxygens (including phenoxy) is 2. The normalized spacial score (nSPS) is 22.7. The molecular formula is C36H41O2P. The van der Waals surface area contributed by atoms with Gasteiger partial charge in [0.25, 0.3) is 5.79 Å². The van der Waals surface area contributed by atoms with Gasteiger partial charge in [0.15, 0.2) is 0 Å². The minimum absolute atomic E-state index is 0. The highest BCUT2D eigenvalue weighted by molar-refractivity contribution is 7.80. The van der Waals surface area contributed by atoms with E-state index in [0.717, 1.165) is 37.2 Å². The van der Waals surface area contributed by atoms with E-state index < -0.39 is 13.7 Å². The van der Waals surface area contributed by atoms with Crippen LogP contribution in [0.15, 0.2) is 97.1 Å². The zero-order valence-corrected chi connectivity index (χ0v) is 22.3. The first-order valence-corrected chi connectivity index (χ1v) is 15.1. The van der Waals surface area contributed by atoms with Crippen molar-refractivity contribution in [2.75, 3.05) is 0 Å². The zero-order chi connectivity index (χ0) is 24.8. The van der Waals surface area contributed by atoms with Crippen LogP contribution in [0.4, 0.5) is 0 Å². The van der Waals surface area contributed by atoms with Crippen molar-refractivity contribution in [1.82, 2.24) is 0 Å². The van der Waals surface area contributed by atoms with Crippen molar-refractivity contribution < 1.29 is 9.47 Å². The maximum Gasteiger partial charge on any atom is 0.257 e. The van der Waals surface area contributed by atoms with Gasteiger partial charge in [-0.1, -0.05) is 125 Å². The first kappa shape index (κ1) is 27.5. The molecule has 3 atom stereocenters. The van der Waals surface area contributed by atoms with Crippen molar-refractivity contribution in [3.63, 3.8) is 0 Å². The second-order valence-corrected chi connectivity index (χ2v) is 13.0. The van der Waals surface area contributed by atoms with Crippen molar-refractivity contribution in [3.05, 3.63) is 114 Å². The van der Waals surface area contributed by atoms with Gasteiger partial charge in [0, 0.05) is 17.1 Å². The first-order chi connectivity index (χ1) is 18.2. The van der Waals surface area contributed by atoms with E-state index in [1.807, 2.05) is 0 Å². The Labute approximate surface area is 236 Å². The van der Waals surface area contributed by atoms with Crippen LogP contribution in [0.5, 0.6) is 11.5 Å². The maximum absolute atomic E-state index is 7.37. The van der Waals surface area contributed by atoms with Gasteiger partial charge in [0.05, 0.1) is 0 Å². The molecule has 0 bridgehead atoms. The molecule has 2 aliphatic heterocycles. The Morgan fingerprint density at radius 3 is 1.72 bits per heavy atom. The predicted octanol–water partition coefficient (Wildman–Crippen LogP) is 8.10. The van der Waals surface area contributed by atoms with Crippen LogP contribution in [0.1, 0.15) is 57.2 Å². The maximum atomic E-state index is 7.37. The second-order valence-electron chi connectivity index (χ2n) is 10.8. The van der Waals surface area contributed by atoms with E-state index in [2.05, 4.69) is 104 Å². The summed E-state index contributed by atoms with van der Waals surface area (Å²) in [4.78, 5) is 0. The Kier molecular flexibility index (Phi) is 7.88. The molecule has 3 heteroatoms. The molecule has 202 valence electrons. The summed E-state index contributed by atoms with van der Waals surface area (Å²) in [5, 5.41) is 4.01. The quantitative estimate of drug-likeness (QED) is 0.246. The third-order valence-corrected chi connectivity index (χ3v) is 11.1. The zero-order valence-electron chi connectivity index (χ0n) is 21.4. The highest BCUT2D eigenvalue weighted by atomic mass is 31.1. The molecule has 3 aliphatic rings. The molecule has 0 aromatic heterocycles. The first-order valence-electron chi connectivity index (χ1n) is 13.7. The van der Waals surface area contributed by atoms with Crippen molar-refractivity contribution >= 4 is 23.8 Å². The Hall–Kier alpha value is -3.09. The topological polar surface area (TPSA) is 18.5 Å². The molecule has 1 spiro atoms. The van der Waals surface area contributed by atoms with Gasteiger partial charge >= 0.3 is 0 Å². The van der Waals surface area contributed by atoms with E-state index in [9.17, 15) is 0 Å². The summed E-state index contributed by atoms with van der Waals surface area (Å²) in [5.41, 5.74) is 3.90. The summed E-state index contributed by atoms with van der Waals surface area (Å²) >= 11 is 0. The molecule has 0 amide bonds. The summed E-state index contributed by atoms with van der Waals surface area (Å²) < 4.78 is 14.5. The van der Waals surface area contributed by atoms with Crippen LogP contribution in [0.25, 0.3) is 0 Å². The minimum atomic E-state index is -0.759. The van der Waals surface area contributed by atoms with Gasteiger partial charge in [-0.3, -0.25) is 0 Å². The monoisotopic (exact) mass is 536 g/mol. The summed E-state index contributed by atoms with van der Waals surface area (Å²) in [6.45, 7) is 2.17. The highest BCUT2D eigenvalue weighted by Gasteiger charge is 2.56. The van der Waals surface area contributed by atoms with Gasteiger partial charge in [-0.15, -0.1) is 0 Å². The fourth-order valence-electron chi connectivity index (χ4n) is 6.84. The number of benzene rings is 4. The minimum Gasteiger partial charge on any atom is -0.451 e. The van der Waals surface area contributed by atoms with Crippen LogP contribution in [0.3, 0.4) is 0 Å². The molecule has 39 heavy (non-hydrogen) atoms. The molecule has 7 rings (SSSR count). The Morgan fingerprint density at radius 1 is 0.615 bits per heavy atom. The van der Waals surface area contributed by atoms with Crippen molar-refractivity contribution in [1.29, 1.82) is 0 Å². The molecule has 0 radical (unpaired) electrons. The standard InChI is InChI=1S/C34H33O2P.2CH4/c1-24-12-10-13-25-22-27-15-8-9-16-28-23-26-14-11-21-31(33(26)36-34(27,28)35-32(24)25)37(29-17-4-2-5-18-29)30-19-6-3-7-20-30;;/h2-7,10-14,17-21,27-28H,8-9,15-16,22-23H2,1H3;2*1H4/t27-,28-,34-;;/m1../s1. The summed E-state index contributed by atoms with van der Waals surface area (Å²) in [6.07, 6.45) is 6.88. The van der Waals surface area contributed by atoms with Crippen LogP contribution in [0, 0.1) is 18.8 Å². The van der Waals surface area contributed by atoms with Crippen LogP contribution in [-0.2, 0) is 12.8 Å². The lowest BCUT2D eigenvalue weighted by Crippen LogP contribution is -2.60. The molecule has 1 saturated carbocycles. The number of hydrogen-bond acceptors (Lipinski definition) is 2. The van der Waals surface area contributed by atoms with Crippen LogP contribution in [-0.4, -0.2) is 5.79 Å². The molecule has 2 nitrogen and oxygen atoms in total. The van der Waals surface area contributed by atoms with E-state index in [1.54, 1.807) is 0 Å². The number of para-hydroxylation sites is 2. The SMILES string of the molecule is C.C.Cc1cccc2c1O[C@]13Oc4c(cccc4P(c4ccccc4)c4ccccc4)C[C@H]1CCCC[C@@H]3C2. The molecular weight excluding hydrogens is 495 g/mol. The number of fused-ring (bicyclic) bond motifs is 2. The average molecular weight is 537 g/mol. The Morgan fingerprint density at radius 2 is 1.13 bits per heavy atom. The number of rotatable bonds is 3. The largest absolute Gasteiger partial charge is 0.451 e. The fourth-order valence-corrected chi connectivity index (χ4v) is 9.26. The highest BCUT2D eigenvalue weighted by Crippen LogP contribution is 2.53. The van der Waals surface area contributed by atoms with Gasteiger partial charge < -0.3 is 9.47 Å². The van der Waals surface area contributed by atoms with Gasteiger partial charge in [-0.05, 0) is 67.8 Å². The predicted molar refractivity (Wildman–Crippen MR) is 167 cm³/mol. The Bertz CT molecular complexity index is 1380. The molecule has 1 fully saturated rings. The van der Waals surface area contributed by atoms with Crippen LogP contribution >= 0.6 is 7.92 Å². The van der Waals surface area contributed by atoms with E-state index >= 15 is 0 Å². The molecule has 2 heterocycles. The Balaban J connectivity index is 0.00000154. The van der Waals surface area contributed by atoms with Gasteiger partial charge in [-0.2, -0.15) is 0 Å². The molecule has 0 saturated heterocycles.